The van der Waals surface area contributed by atoms with Crippen LogP contribution in [0.4, 0.5) is 5.69 Å². The number of ether oxygens (including phenoxy) is 1. The first-order chi connectivity index (χ1) is 11.1. The predicted octanol–water partition coefficient (Wildman–Crippen LogP) is 2.61. The highest BCUT2D eigenvalue weighted by atomic mass is 16.5. The van der Waals surface area contributed by atoms with Gasteiger partial charge in [0.25, 0.3) is 0 Å². The number of para-hydroxylation sites is 1. The number of hydrogen-bond acceptors (Lipinski definition) is 4. The van der Waals surface area contributed by atoms with Crippen molar-refractivity contribution >= 4 is 22.5 Å². The zero-order valence-corrected chi connectivity index (χ0v) is 14.0. The third-order valence-electron chi connectivity index (χ3n) is 4.49. The molecule has 0 N–H and O–H groups in total. The molecule has 0 radical (unpaired) electrons. The van der Waals surface area contributed by atoms with Gasteiger partial charge in [-0.25, -0.2) is 0 Å². The topological polar surface area (TPSA) is 45.7 Å². The molecular weight excluding hydrogens is 290 g/mol. The van der Waals surface area contributed by atoms with Crippen LogP contribution in [0.3, 0.4) is 0 Å². The number of hydrogen-bond donors (Lipinski definition) is 0. The summed E-state index contributed by atoms with van der Waals surface area (Å²) < 4.78 is 5.42. The van der Waals surface area contributed by atoms with Crippen LogP contribution in [0.25, 0.3) is 10.9 Å². The van der Waals surface area contributed by atoms with Crippen LogP contribution in [0.5, 0.6) is 5.75 Å². The molecule has 1 fully saturated rings. The smallest absolute Gasteiger partial charge is 0.222 e. The summed E-state index contributed by atoms with van der Waals surface area (Å²) in [5, 5.41) is 1.08. The van der Waals surface area contributed by atoms with Crippen molar-refractivity contribution in [2.75, 3.05) is 38.7 Å². The van der Waals surface area contributed by atoms with Crippen molar-refractivity contribution in [3.8, 4) is 5.75 Å². The van der Waals surface area contributed by atoms with Crippen LogP contribution in [0, 0.1) is 6.92 Å². The molecule has 5 nitrogen and oxygen atoms in total. The van der Waals surface area contributed by atoms with Gasteiger partial charge in [-0.1, -0.05) is 12.1 Å². The van der Waals surface area contributed by atoms with Crippen molar-refractivity contribution in [3.63, 3.8) is 0 Å². The Hall–Kier alpha value is -2.30. The molecule has 2 aromatic rings. The zero-order chi connectivity index (χ0) is 16.4. The Balaban J connectivity index is 1.88. The molecule has 3 rings (SSSR count). The molecule has 0 aliphatic carbocycles. The van der Waals surface area contributed by atoms with E-state index >= 15 is 0 Å². The van der Waals surface area contributed by atoms with E-state index in [9.17, 15) is 4.79 Å². The Morgan fingerprint density at radius 2 is 2.22 bits per heavy atom. The molecule has 2 heterocycles. The Morgan fingerprint density at radius 3 is 2.91 bits per heavy atom. The predicted molar refractivity (Wildman–Crippen MR) is 92.1 cm³/mol. The highest BCUT2D eigenvalue weighted by molar-refractivity contribution is 5.96. The number of carbonyl (C=O) groups is 1. The molecular formula is C18H23N3O2. The number of nitrogens with zero attached hydrogens (tertiary/aromatic N) is 3. The van der Waals surface area contributed by atoms with Crippen LogP contribution in [0.15, 0.2) is 24.4 Å². The summed E-state index contributed by atoms with van der Waals surface area (Å²) in [6.45, 7) is 4.53. The maximum atomic E-state index is 11.8. The minimum absolute atomic E-state index is 0.274. The molecule has 1 aromatic heterocycles. The Bertz CT molecular complexity index is 730. The molecule has 1 saturated heterocycles. The van der Waals surface area contributed by atoms with E-state index in [2.05, 4.69) is 29.9 Å². The fourth-order valence-corrected chi connectivity index (χ4v) is 3.28. The van der Waals surface area contributed by atoms with Crippen molar-refractivity contribution in [2.45, 2.75) is 19.8 Å². The molecule has 122 valence electrons. The molecule has 1 aromatic carbocycles. The number of fused-ring (bicyclic) bond motifs is 1. The standard InChI is InChI=1S/C18H23N3O2/c1-13-12-19-17-14(6-4-7-15(17)23-3)18(13)20(2)10-11-21-9-5-8-16(21)22/h4,6-7,12H,5,8-11H2,1-3H3. The zero-order valence-electron chi connectivity index (χ0n) is 14.0. The van der Waals surface area contributed by atoms with Crippen molar-refractivity contribution in [3.05, 3.63) is 30.0 Å². The van der Waals surface area contributed by atoms with Crippen molar-refractivity contribution in [1.82, 2.24) is 9.88 Å². The summed E-state index contributed by atoms with van der Waals surface area (Å²) in [7, 11) is 3.74. The normalized spacial score (nSPS) is 14.6. The number of aryl methyl sites for hydroxylation is 1. The van der Waals surface area contributed by atoms with Crippen LogP contribution in [0.1, 0.15) is 18.4 Å². The van der Waals surface area contributed by atoms with Gasteiger partial charge in [0.2, 0.25) is 5.91 Å². The molecule has 0 spiro atoms. The first-order valence-corrected chi connectivity index (χ1v) is 8.03. The Kier molecular flexibility index (Phi) is 4.37. The van der Waals surface area contributed by atoms with E-state index in [1.807, 2.05) is 23.2 Å². The maximum Gasteiger partial charge on any atom is 0.222 e. The summed E-state index contributed by atoms with van der Waals surface area (Å²) in [5.74, 6) is 1.06. The van der Waals surface area contributed by atoms with E-state index in [1.165, 1.54) is 0 Å². The second-order valence-corrected chi connectivity index (χ2v) is 6.05. The monoisotopic (exact) mass is 313 g/mol. The van der Waals surface area contributed by atoms with Gasteiger partial charge in [0, 0.05) is 44.7 Å². The molecule has 0 unspecified atom stereocenters. The average Bonchev–Trinajstić information content (AvgIpc) is 2.96. The lowest BCUT2D eigenvalue weighted by Crippen LogP contribution is -2.34. The average molecular weight is 313 g/mol. The number of likely N-dealkylation sites (tertiary alicyclic amines) is 1. The number of aromatic nitrogens is 1. The number of benzene rings is 1. The highest BCUT2D eigenvalue weighted by Gasteiger charge is 2.21. The number of anilines is 1. The van der Waals surface area contributed by atoms with Gasteiger partial charge in [0.05, 0.1) is 12.8 Å². The Labute approximate surface area is 136 Å². The minimum atomic E-state index is 0.274. The number of pyridine rings is 1. The van der Waals surface area contributed by atoms with Gasteiger partial charge in [0.15, 0.2) is 0 Å². The summed E-state index contributed by atoms with van der Waals surface area (Å²) in [6.07, 6.45) is 3.56. The van der Waals surface area contributed by atoms with E-state index in [1.54, 1.807) is 7.11 Å². The van der Waals surface area contributed by atoms with Gasteiger partial charge in [-0.2, -0.15) is 0 Å². The number of amides is 1. The third kappa shape index (κ3) is 2.96. The van der Waals surface area contributed by atoms with Crippen LogP contribution in [0.2, 0.25) is 0 Å². The molecule has 1 amide bonds. The van der Waals surface area contributed by atoms with Crippen LogP contribution in [-0.4, -0.2) is 49.6 Å². The third-order valence-corrected chi connectivity index (χ3v) is 4.49. The summed E-state index contributed by atoms with van der Waals surface area (Å²) >= 11 is 0. The number of rotatable bonds is 5. The van der Waals surface area contributed by atoms with E-state index in [0.29, 0.717) is 6.42 Å². The van der Waals surface area contributed by atoms with Crippen molar-refractivity contribution in [1.29, 1.82) is 0 Å². The van der Waals surface area contributed by atoms with Crippen molar-refractivity contribution in [2.24, 2.45) is 0 Å². The van der Waals surface area contributed by atoms with Gasteiger partial charge >= 0.3 is 0 Å². The lowest BCUT2D eigenvalue weighted by Gasteiger charge is -2.26. The van der Waals surface area contributed by atoms with E-state index in [-0.39, 0.29) is 5.91 Å². The van der Waals surface area contributed by atoms with E-state index in [0.717, 1.165) is 54.0 Å². The lowest BCUT2D eigenvalue weighted by atomic mass is 10.1. The molecule has 1 aliphatic rings. The lowest BCUT2D eigenvalue weighted by molar-refractivity contribution is -0.127. The second-order valence-electron chi connectivity index (χ2n) is 6.05. The van der Waals surface area contributed by atoms with Gasteiger partial charge in [0.1, 0.15) is 11.3 Å². The molecule has 0 saturated carbocycles. The van der Waals surface area contributed by atoms with Gasteiger partial charge < -0.3 is 14.5 Å². The molecule has 0 atom stereocenters. The van der Waals surface area contributed by atoms with Gasteiger partial charge in [-0.15, -0.1) is 0 Å². The first-order valence-electron chi connectivity index (χ1n) is 8.03. The SMILES string of the molecule is COc1cccc2c(N(C)CCN3CCCC3=O)c(C)cnc12. The second kappa shape index (κ2) is 6.44. The fraction of sp³-hybridized carbons (Fsp3) is 0.444. The van der Waals surface area contributed by atoms with Gasteiger partial charge in [-0.05, 0) is 25.0 Å². The summed E-state index contributed by atoms with van der Waals surface area (Å²) in [6, 6.07) is 5.99. The molecule has 23 heavy (non-hydrogen) atoms. The first kappa shape index (κ1) is 15.6. The van der Waals surface area contributed by atoms with Crippen LogP contribution >= 0.6 is 0 Å². The molecule has 1 aliphatic heterocycles. The Morgan fingerprint density at radius 1 is 1.39 bits per heavy atom. The van der Waals surface area contributed by atoms with Gasteiger partial charge in [-0.3, -0.25) is 9.78 Å². The largest absolute Gasteiger partial charge is 0.494 e. The van der Waals surface area contributed by atoms with E-state index < -0.39 is 0 Å². The van der Waals surface area contributed by atoms with Crippen LogP contribution in [-0.2, 0) is 4.79 Å². The van der Waals surface area contributed by atoms with Crippen molar-refractivity contribution < 1.29 is 9.53 Å². The highest BCUT2D eigenvalue weighted by Crippen LogP contribution is 2.33. The molecule has 5 heteroatoms. The molecule has 0 bridgehead atoms. The van der Waals surface area contributed by atoms with E-state index in [4.69, 9.17) is 4.74 Å². The number of methoxy groups -OCH3 is 1. The summed E-state index contributed by atoms with van der Waals surface area (Å²) in [5.41, 5.74) is 3.15. The van der Waals surface area contributed by atoms with Crippen LogP contribution < -0.4 is 9.64 Å². The fourth-order valence-electron chi connectivity index (χ4n) is 3.28. The number of carbonyl (C=O) groups excluding carboxylic acids is 1. The quantitative estimate of drug-likeness (QED) is 0.851. The maximum absolute atomic E-state index is 11.8. The summed E-state index contributed by atoms with van der Waals surface area (Å²) in [4.78, 5) is 20.5. The minimum Gasteiger partial charge on any atom is -0.494 e. The number of likely N-dealkylation sites (N-methyl/N-ethyl adjacent to an activating group) is 1.